The molecule has 4 aliphatic carbocycles. The zero-order valence-corrected chi connectivity index (χ0v) is 82.2. The molecule has 4 N–H and O–H groups in total. The van der Waals surface area contributed by atoms with Crippen LogP contribution in [0.5, 0.6) is 28.7 Å². The number of hydrogen-bond acceptors (Lipinski definition) is 25. The maximum absolute atomic E-state index is 12.7. The number of carbonyl (C=O) groups is 8. The van der Waals surface area contributed by atoms with E-state index in [0.29, 0.717) is 71.8 Å². The lowest BCUT2D eigenvalue weighted by molar-refractivity contribution is -0.140. The topological polar surface area (TPSA) is 290 Å². The molecule has 8 fully saturated rings. The number of unbranched alkanes of at least 4 members (excludes halogenated alkanes) is 5. The summed E-state index contributed by atoms with van der Waals surface area (Å²) >= 11 is 25.7. The van der Waals surface area contributed by atoms with Crippen LogP contribution in [-0.2, 0) is 38.4 Å². The second-order valence-corrected chi connectivity index (χ2v) is 42.4. The fourth-order valence-electron chi connectivity index (χ4n) is 21.4. The van der Waals surface area contributed by atoms with E-state index in [2.05, 4.69) is 142 Å². The lowest BCUT2D eigenvalue weighted by Gasteiger charge is -2.28. The molecule has 4 amide bonds. The van der Waals surface area contributed by atoms with E-state index in [9.17, 15) is 38.4 Å². The molecular weight excluding hydrogens is 1890 g/mol. The van der Waals surface area contributed by atoms with Crippen LogP contribution >= 0.6 is 95.9 Å². The summed E-state index contributed by atoms with van der Waals surface area (Å²) in [4.78, 5) is 111. The summed E-state index contributed by atoms with van der Waals surface area (Å²) in [6.45, 7) is 2.12. The van der Waals surface area contributed by atoms with Crippen LogP contribution in [0.1, 0.15) is 197 Å². The Balaban J connectivity index is 0.000000122. The predicted octanol–water partition coefficient (Wildman–Crippen LogP) is 21.9. The summed E-state index contributed by atoms with van der Waals surface area (Å²) in [6.07, 6.45) is 28.6. The van der Waals surface area contributed by atoms with Crippen LogP contribution in [-0.4, -0.2) is 183 Å². The van der Waals surface area contributed by atoms with Gasteiger partial charge in [0, 0.05) is 124 Å². The molecule has 8 aromatic rings. The fraction of sp³-hybridized carbons (Fsp3) is 0.346. The normalized spacial score (nSPS) is 22.7. The Morgan fingerprint density at radius 1 is 0.380 bits per heavy atom. The number of carboxylic acid groups (broad SMARTS) is 4. The van der Waals surface area contributed by atoms with Crippen molar-refractivity contribution in [3.8, 4) is 28.7 Å². The van der Waals surface area contributed by atoms with Gasteiger partial charge in [0.1, 0.15) is 54.2 Å². The van der Waals surface area contributed by atoms with Crippen molar-refractivity contribution in [2.75, 3.05) is 73.4 Å². The number of nitrogens with zero attached hydrogens (tertiary/aromatic N) is 8. The lowest BCUT2D eigenvalue weighted by Crippen LogP contribution is -2.33. The van der Waals surface area contributed by atoms with Crippen molar-refractivity contribution in [2.45, 2.75) is 177 Å². The molecule has 708 valence electrons. The number of amides is 4. The molecule has 4 saturated carbocycles. The number of carbonyl (C=O) groups excluding carboxylic acids is 4. The molecule has 8 atom stereocenters. The van der Waals surface area contributed by atoms with Gasteiger partial charge in [-0.2, -0.15) is 0 Å². The van der Waals surface area contributed by atoms with Gasteiger partial charge in [0.05, 0.1) is 46.9 Å². The second-order valence-electron chi connectivity index (χ2n) is 35.7. The number of thioether (sulfide) groups is 4. The van der Waals surface area contributed by atoms with Crippen molar-refractivity contribution in [1.82, 2.24) is 19.6 Å². The SMILES string of the molecule is CCCCCCCCOc1ccc(N2c3ccc(/C=C4\SC(=S)N(CC(=O)O)C4=O)cc3C3CCCC32)cc1.COc1cc(OC)cc(N2c3ccc(/C=C4\SC(=S)N(CC(=O)O)C4=O)cc3C3CCCC32)c1.O=C(O)CCN1C(=O)/C(=C/c2ccc3c(c2)C2CCCC2N3c2ccccc2)SC1=S.O=C(O)CN1C(=O)/C(=C/c2ccc3c(c2)C2CCCC2N3c2ccc3c(c2)OCO3)SC1=S. The Labute approximate surface area is 832 Å². The molecule has 33 heteroatoms. The highest BCUT2D eigenvalue weighted by atomic mass is 32.2. The first kappa shape index (κ1) is 95.7. The first-order valence-electron chi connectivity index (χ1n) is 46.4. The van der Waals surface area contributed by atoms with Crippen molar-refractivity contribution in [1.29, 1.82) is 0 Å². The first-order chi connectivity index (χ1) is 66.4. The van der Waals surface area contributed by atoms with Crippen LogP contribution in [0.25, 0.3) is 24.3 Å². The van der Waals surface area contributed by atoms with E-state index in [1.165, 1.54) is 132 Å². The molecule has 8 unspecified atom stereocenters. The van der Waals surface area contributed by atoms with Gasteiger partial charge < -0.3 is 63.7 Å². The third-order valence-electron chi connectivity index (χ3n) is 27.4. The minimum atomic E-state index is -1.09. The number of ether oxygens (including phenoxy) is 5. The molecule has 0 radical (unpaired) electrons. The lowest BCUT2D eigenvalue weighted by atomic mass is 9.96. The molecule has 8 aromatic carbocycles. The molecular formula is C104H102N8O17S8. The van der Waals surface area contributed by atoms with Gasteiger partial charge in [-0.25, -0.2) is 0 Å². The monoisotopic (exact) mass is 1990 g/mol. The number of thiocarbonyl (C=S) groups is 4. The Hall–Kier alpha value is -11.6. The Kier molecular flexibility index (Phi) is 29.4. The van der Waals surface area contributed by atoms with E-state index in [4.69, 9.17) is 93.0 Å². The largest absolute Gasteiger partial charge is 0.497 e. The number of carboxylic acids is 4. The van der Waals surface area contributed by atoms with Crippen LogP contribution in [0.15, 0.2) is 183 Å². The molecule has 25 nitrogen and oxygen atoms in total. The smallest absolute Gasteiger partial charge is 0.323 e. The van der Waals surface area contributed by atoms with Gasteiger partial charge in [-0.3, -0.25) is 58.0 Å². The summed E-state index contributed by atoms with van der Waals surface area (Å²) in [5.41, 5.74) is 18.3. The fourth-order valence-corrected chi connectivity index (χ4v) is 26.4. The molecule has 0 aromatic heterocycles. The number of para-hydroxylation sites is 1. The van der Waals surface area contributed by atoms with Gasteiger partial charge in [-0.1, -0.05) is 203 Å². The van der Waals surface area contributed by atoms with E-state index >= 15 is 0 Å². The van der Waals surface area contributed by atoms with E-state index in [-0.39, 0.29) is 56.3 Å². The Morgan fingerprint density at radius 2 is 0.737 bits per heavy atom. The van der Waals surface area contributed by atoms with E-state index in [0.717, 1.165) is 176 Å². The average molecular weight is 1990 g/mol. The number of fused-ring (bicyclic) bond motifs is 13. The quantitative estimate of drug-likeness (QED) is 0.0211. The number of aliphatic carboxylic acids is 4. The van der Waals surface area contributed by atoms with Crippen LogP contribution in [0.2, 0.25) is 0 Å². The van der Waals surface area contributed by atoms with E-state index in [1.54, 1.807) is 14.2 Å². The summed E-state index contributed by atoms with van der Waals surface area (Å²) < 4.78 is 29.3. The van der Waals surface area contributed by atoms with Gasteiger partial charge in [0.25, 0.3) is 23.6 Å². The highest BCUT2D eigenvalue weighted by Gasteiger charge is 2.48. The van der Waals surface area contributed by atoms with Gasteiger partial charge in [0.2, 0.25) is 6.79 Å². The highest BCUT2D eigenvalue weighted by Crippen LogP contribution is 2.59. The van der Waals surface area contributed by atoms with E-state index in [1.807, 2.05) is 72.8 Å². The molecule has 4 saturated heterocycles. The van der Waals surface area contributed by atoms with Crippen LogP contribution in [0.4, 0.5) is 45.5 Å². The van der Waals surface area contributed by atoms with Gasteiger partial charge in [0.15, 0.2) is 11.5 Å². The number of hydrogen-bond donors (Lipinski definition) is 4. The zero-order chi connectivity index (χ0) is 95.6. The summed E-state index contributed by atoms with van der Waals surface area (Å²) in [5, 5.41) is 36.1. The maximum Gasteiger partial charge on any atom is 0.323 e. The molecule has 137 heavy (non-hydrogen) atoms. The standard InChI is InChI=1S/C31H36N2O4S2.C25H24N2O5S2.C24H20N2O5S2.C24H22N2O3S2/c1-2-3-4-5-6-7-17-37-23-14-12-22(13-15-23)33-26-10-8-9-24(26)25-18-21(11-16-27(25)33)19-28-30(36)32(20-29(34)35)31(38)39-28;1-31-16-10-15(11-17(12-16)32-2)27-20-5-3-4-18(20)19-8-14(6-7-21(19)27)9-22-24(30)26(13-23(28)29)25(33)34-22;27-22(28)11-25-23(29)21(33-24(25)32)9-13-4-6-18-16(8-13)15-2-1-3-17(15)26(18)14-5-7-19-20(10-14)31-12-30-19;27-22(28)11-12-25-23(29)21(31-24(25)30)14-15-9-10-20-18(13-15)17-7-4-8-19(17)26(20)16-5-2-1-3-6-16/h11-16,18-19,24,26H,2-10,17,20H2,1H3,(H,34,35);6-12,18,20H,3-5,13H2,1-2H3,(H,28,29);4-10,15,17H,1-3,11-12H2,(H,27,28);1-3,5-6,9-10,13-14,17,19H,4,7-8,11-12H2,(H,27,28)/b28-19-;22-9-;21-9-;21-14-. The number of methoxy groups -OCH3 is 2. The molecule has 21 rings (SSSR count). The Bertz CT molecular complexity index is 6310. The summed E-state index contributed by atoms with van der Waals surface area (Å²) in [5.74, 6) is 0.323. The van der Waals surface area contributed by atoms with Crippen molar-refractivity contribution < 1.29 is 82.5 Å². The van der Waals surface area contributed by atoms with Crippen molar-refractivity contribution in [3.05, 3.63) is 228 Å². The third kappa shape index (κ3) is 20.3. The van der Waals surface area contributed by atoms with Crippen LogP contribution in [0.3, 0.4) is 0 Å². The summed E-state index contributed by atoms with van der Waals surface area (Å²) in [7, 11) is 3.31. The average Bonchev–Trinajstić information content (AvgIpc) is 1.59. The van der Waals surface area contributed by atoms with Gasteiger partial charge in [-0.15, -0.1) is 0 Å². The van der Waals surface area contributed by atoms with Crippen LogP contribution in [0, 0.1) is 0 Å². The summed E-state index contributed by atoms with van der Waals surface area (Å²) in [6, 6.07) is 58.1. The molecule has 0 bridgehead atoms. The number of anilines is 8. The van der Waals surface area contributed by atoms with Crippen molar-refractivity contribution in [3.63, 3.8) is 0 Å². The minimum absolute atomic E-state index is 0.108. The van der Waals surface area contributed by atoms with Crippen molar-refractivity contribution >= 4 is 231 Å². The first-order valence-corrected chi connectivity index (χ1v) is 51.3. The second kappa shape index (κ2) is 42.0. The third-order valence-corrected chi connectivity index (χ3v) is 32.9. The molecule has 0 spiro atoms. The van der Waals surface area contributed by atoms with Crippen LogP contribution < -0.4 is 43.3 Å². The van der Waals surface area contributed by atoms with Crippen molar-refractivity contribution in [2.24, 2.45) is 0 Å². The van der Waals surface area contributed by atoms with E-state index < -0.39 is 43.5 Å². The number of benzene rings is 8. The van der Waals surface area contributed by atoms with Gasteiger partial charge >= 0.3 is 23.9 Å². The van der Waals surface area contributed by atoms with Gasteiger partial charge in [-0.05, 0) is 224 Å². The maximum atomic E-state index is 12.7. The minimum Gasteiger partial charge on any atom is -0.497 e. The molecule has 9 heterocycles. The zero-order valence-electron chi connectivity index (χ0n) is 75.6. The molecule has 13 aliphatic rings. The Morgan fingerprint density at radius 3 is 1.13 bits per heavy atom. The molecule has 9 aliphatic heterocycles. The number of rotatable bonds is 27. The highest BCUT2D eigenvalue weighted by molar-refractivity contribution is 8.28. The predicted molar refractivity (Wildman–Crippen MR) is 554 cm³/mol.